The van der Waals surface area contributed by atoms with Gasteiger partial charge in [0.1, 0.15) is 0 Å². The molecule has 0 amide bonds. The van der Waals surface area contributed by atoms with E-state index in [1.807, 2.05) is 16.9 Å². The highest BCUT2D eigenvalue weighted by Gasteiger charge is 2.12. The van der Waals surface area contributed by atoms with Crippen molar-refractivity contribution in [1.82, 2.24) is 9.78 Å². The molecular weight excluding hydrogens is 172 g/mol. The van der Waals surface area contributed by atoms with Crippen LogP contribution in [-0.4, -0.2) is 9.78 Å². The van der Waals surface area contributed by atoms with E-state index < -0.39 is 0 Å². The third kappa shape index (κ3) is 1.95. The van der Waals surface area contributed by atoms with Gasteiger partial charge in [-0.15, -0.1) is 0 Å². The predicted octanol–water partition coefficient (Wildman–Crippen LogP) is 3.20. The first-order valence-corrected chi connectivity index (χ1v) is 4.67. The Kier molecular flexibility index (Phi) is 3.28. The van der Waals surface area contributed by atoms with Crippen molar-refractivity contribution in [3.8, 4) is 0 Å². The molecule has 0 saturated carbocycles. The van der Waals surface area contributed by atoms with E-state index in [4.69, 9.17) is 0 Å². The summed E-state index contributed by atoms with van der Waals surface area (Å²) in [4.78, 5) is 0. The van der Waals surface area contributed by atoms with Gasteiger partial charge in [0.15, 0.2) is 0 Å². The minimum absolute atomic E-state index is 0. The molecule has 1 aromatic rings. The number of hydrogen-bond acceptors (Lipinski definition) is 1. The zero-order valence-corrected chi connectivity index (χ0v) is 8.01. The van der Waals surface area contributed by atoms with Crippen LogP contribution in [0.25, 0.3) is 5.70 Å². The Bertz CT molecular complexity index is 333. The molecule has 1 aliphatic rings. The zero-order valence-electron chi connectivity index (χ0n) is 8.01. The van der Waals surface area contributed by atoms with E-state index in [1.165, 1.54) is 5.70 Å². The fourth-order valence-electron chi connectivity index (χ4n) is 1.48. The van der Waals surface area contributed by atoms with Crippen molar-refractivity contribution >= 4 is 5.70 Å². The number of allylic oxidation sites excluding steroid dienone is 4. The smallest absolute Gasteiger partial charge is 0.0605 e. The van der Waals surface area contributed by atoms with Crippen LogP contribution in [0.15, 0.2) is 36.7 Å². The summed E-state index contributed by atoms with van der Waals surface area (Å²) >= 11 is 0. The van der Waals surface area contributed by atoms with Crippen LogP contribution in [0.5, 0.6) is 0 Å². The van der Waals surface area contributed by atoms with Crippen LogP contribution in [0, 0.1) is 11.8 Å². The number of aromatic nitrogens is 2. The summed E-state index contributed by atoms with van der Waals surface area (Å²) in [6, 6.07) is 1.94. The highest BCUT2D eigenvalue weighted by atomic mass is 15.3. The third-order valence-electron chi connectivity index (χ3n) is 2.60. The monoisotopic (exact) mass is 190 g/mol. The van der Waals surface area contributed by atoms with Crippen molar-refractivity contribution in [3.05, 3.63) is 36.7 Å². The standard InChI is InChI=1S/C11H14N2.CH4/c1-9-4-5-11(8-10(9)2)13-7-3-6-12-13;/h3-10H,1-2H3;1H4. The van der Waals surface area contributed by atoms with Crippen molar-refractivity contribution in [2.75, 3.05) is 0 Å². The maximum absolute atomic E-state index is 4.20. The van der Waals surface area contributed by atoms with E-state index in [0.29, 0.717) is 11.8 Å². The van der Waals surface area contributed by atoms with Gasteiger partial charge >= 0.3 is 0 Å². The second kappa shape index (κ2) is 4.27. The molecule has 0 aliphatic heterocycles. The van der Waals surface area contributed by atoms with Crippen LogP contribution in [0.1, 0.15) is 21.3 Å². The molecule has 0 aromatic carbocycles. The lowest BCUT2D eigenvalue weighted by Gasteiger charge is -2.18. The summed E-state index contributed by atoms with van der Waals surface area (Å²) in [5.41, 5.74) is 1.18. The van der Waals surface area contributed by atoms with Crippen LogP contribution in [-0.2, 0) is 0 Å². The van der Waals surface area contributed by atoms with E-state index in [1.54, 1.807) is 6.20 Å². The topological polar surface area (TPSA) is 17.8 Å². The summed E-state index contributed by atoms with van der Waals surface area (Å²) in [6.45, 7) is 4.47. The number of hydrogen-bond donors (Lipinski definition) is 0. The summed E-state index contributed by atoms with van der Waals surface area (Å²) in [6.07, 6.45) is 10.4. The molecule has 14 heavy (non-hydrogen) atoms. The van der Waals surface area contributed by atoms with Gasteiger partial charge in [0.05, 0.1) is 5.70 Å². The Morgan fingerprint density at radius 2 is 2.07 bits per heavy atom. The molecule has 2 atom stereocenters. The Balaban J connectivity index is 0.000000980. The van der Waals surface area contributed by atoms with Gasteiger partial charge in [-0.05, 0) is 24.0 Å². The average Bonchev–Trinajstić information content (AvgIpc) is 2.62. The maximum Gasteiger partial charge on any atom is 0.0605 e. The van der Waals surface area contributed by atoms with Gasteiger partial charge in [0, 0.05) is 12.4 Å². The van der Waals surface area contributed by atoms with E-state index in [2.05, 4.69) is 37.2 Å². The lowest BCUT2D eigenvalue weighted by Crippen LogP contribution is -2.09. The molecule has 2 nitrogen and oxygen atoms in total. The van der Waals surface area contributed by atoms with E-state index in [0.717, 1.165) is 0 Å². The third-order valence-corrected chi connectivity index (χ3v) is 2.60. The Morgan fingerprint density at radius 3 is 2.64 bits per heavy atom. The molecule has 1 aliphatic carbocycles. The molecule has 2 unspecified atom stereocenters. The Hall–Kier alpha value is -1.31. The number of nitrogens with zero attached hydrogens (tertiary/aromatic N) is 2. The highest BCUT2D eigenvalue weighted by molar-refractivity contribution is 5.58. The van der Waals surface area contributed by atoms with Gasteiger partial charge in [0.25, 0.3) is 0 Å². The molecule has 0 radical (unpaired) electrons. The number of rotatable bonds is 1. The summed E-state index contributed by atoms with van der Waals surface area (Å²) in [7, 11) is 0. The fourth-order valence-corrected chi connectivity index (χ4v) is 1.48. The van der Waals surface area contributed by atoms with Gasteiger partial charge in [-0.2, -0.15) is 5.10 Å². The fraction of sp³-hybridized carbons (Fsp3) is 0.417. The summed E-state index contributed by atoms with van der Waals surface area (Å²) in [5, 5.41) is 4.20. The highest BCUT2D eigenvalue weighted by Crippen LogP contribution is 2.23. The van der Waals surface area contributed by atoms with Gasteiger partial charge in [-0.1, -0.05) is 33.4 Å². The first kappa shape index (κ1) is 10.8. The molecule has 1 aromatic heterocycles. The van der Waals surface area contributed by atoms with E-state index in [-0.39, 0.29) is 7.43 Å². The minimum atomic E-state index is 0. The summed E-state index contributed by atoms with van der Waals surface area (Å²) < 4.78 is 1.90. The first-order valence-electron chi connectivity index (χ1n) is 4.67. The van der Waals surface area contributed by atoms with Crippen molar-refractivity contribution in [3.63, 3.8) is 0 Å². The maximum atomic E-state index is 4.20. The van der Waals surface area contributed by atoms with Gasteiger partial charge < -0.3 is 0 Å². The van der Waals surface area contributed by atoms with Gasteiger partial charge in [0.2, 0.25) is 0 Å². The molecule has 2 heteroatoms. The Morgan fingerprint density at radius 1 is 1.29 bits per heavy atom. The summed E-state index contributed by atoms with van der Waals surface area (Å²) in [5.74, 6) is 1.24. The van der Waals surface area contributed by atoms with Crippen LogP contribution in [0.2, 0.25) is 0 Å². The second-order valence-electron chi connectivity index (χ2n) is 3.62. The zero-order chi connectivity index (χ0) is 9.26. The molecule has 0 fully saturated rings. The SMILES string of the molecule is C.CC1C=CC(n2cccn2)=CC1C. The normalized spacial score (nSPS) is 25.4. The van der Waals surface area contributed by atoms with E-state index in [9.17, 15) is 0 Å². The van der Waals surface area contributed by atoms with Crippen LogP contribution in [0.4, 0.5) is 0 Å². The molecule has 2 rings (SSSR count). The quantitative estimate of drug-likeness (QED) is 0.665. The van der Waals surface area contributed by atoms with Crippen molar-refractivity contribution in [1.29, 1.82) is 0 Å². The first-order chi connectivity index (χ1) is 6.27. The van der Waals surface area contributed by atoms with Crippen molar-refractivity contribution in [2.24, 2.45) is 11.8 Å². The van der Waals surface area contributed by atoms with E-state index >= 15 is 0 Å². The van der Waals surface area contributed by atoms with Gasteiger partial charge in [-0.3, -0.25) is 0 Å². The van der Waals surface area contributed by atoms with Crippen molar-refractivity contribution in [2.45, 2.75) is 21.3 Å². The average molecular weight is 190 g/mol. The molecule has 76 valence electrons. The molecule has 0 N–H and O–H groups in total. The Labute approximate surface area is 85.9 Å². The largest absolute Gasteiger partial charge is 0.241 e. The molecule has 0 bridgehead atoms. The minimum Gasteiger partial charge on any atom is -0.241 e. The van der Waals surface area contributed by atoms with Crippen LogP contribution >= 0.6 is 0 Å². The van der Waals surface area contributed by atoms with Crippen LogP contribution < -0.4 is 0 Å². The lowest BCUT2D eigenvalue weighted by molar-refractivity contribution is 0.550. The van der Waals surface area contributed by atoms with Crippen LogP contribution in [0.3, 0.4) is 0 Å². The van der Waals surface area contributed by atoms with Gasteiger partial charge in [-0.25, -0.2) is 4.68 Å². The molecule has 1 heterocycles. The molecule has 0 saturated heterocycles. The molecule has 0 spiro atoms. The second-order valence-corrected chi connectivity index (χ2v) is 3.62. The van der Waals surface area contributed by atoms with Crippen molar-refractivity contribution < 1.29 is 0 Å². The lowest BCUT2D eigenvalue weighted by atomic mass is 9.91. The predicted molar refractivity (Wildman–Crippen MR) is 60.7 cm³/mol. The molecular formula is C12H18N2.